The molecule has 0 spiro atoms. The highest BCUT2D eigenvalue weighted by atomic mass is 32.1. The van der Waals surface area contributed by atoms with Gasteiger partial charge in [-0.1, -0.05) is 44.0 Å². The summed E-state index contributed by atoms with van der Waals surface area (Å²) in [6.07, 6.45) is 5.51. The average Bonchev–Trinajstić information content (AvgIpc) is 2.91. The molecule has 0 amide bonds. The molecule has 0 heterocycles. The molecule has 1 aromatic rings. The van der Waals surface area contributed by atoms with Gasteiger partial charge in [-0.15, -0.1) is 0 Å². The highest BCUT2D eigenvalue weighted by Crippen LogP contribution is 2.61. The Balaban J connectivity index is 1.54. The summed E-state index contributed by atoms with van der Waals surface area (Å²) >= 11 is 5.25. The largest absolute Gasteiger partial charge is 0.454 e. The van der Waals surface area contributed by atoms with Crippen molar-refractivity contribution in [1.82, 2.24) is 0 Å². The Labute approximate surface area is 168 Å². The summed E-state index contributed by atoms with van der Waals surface area (Å²) in [4.78, 5) is 12.0. The normalized spacial score (nSPS) is 27.1. The molecular formula is C23H30O3S. The van der Waals surface area contributed by atoms with Crippen LogP contribution in [0.4, 0.5) is 0 Å². The number of ketones is 1. The Morgan fingerprint density at radius 1 is 1.26 bits per heavy atom. The van der Waals surface area contributed by atoms with E-state index in [1.807, 2.05) is 44.2 Å². The minimum absolute atomic E-state index is 0.0247. The molecule has 1 saturated carbocycles. The zero-order chi connectivity index (χ0) is 19.8. The molecule has 0 bridgehead atoms. The maximum Gasteiger partial charge on any atom is 0.358 e. The summed E-state index contributed by atoms with van der Waals surface area (Å²) in [7, 11) is 0. The van der Waals surface area contributed by atoms with Crippen molar-refractivity contribution in [2.75, 3.05) is 0 Å². The van der Waals surface area contributed by atoms with Gasteiger partial charge in [0.2, 0.25) is 0 Å². The summed E-state index contributed by atoms with van der Waals surface area (Å²) in [5.41, 5.74) is 2.79. The van der Waals surface area contributed by atoms with E-state index in [0.29, 0.717) is 18.1 Å². The maximum absolute atomic E-state index is 12.0. The number of carbonyl (C=O) groups excluding carboxylic acids is 1. The van der Waals surface area contributed by atoms with Crippen molar-refractivity contribution in [2.24, 2.45) is 16.7 Å². The van der Waals surface area contributed by atoms with E-state index in [4.69, 9.17) is 21.7 Å². The topological polar surface area (TPSA) is 35.5 Å². The van der Waals surface area contributed by atoms with Crippen molar-refractivity contribution >= 4 is 23.2 Å². The van der Waals surface area contributed by atoms with Crippen LogP contribution in [0.5, 0.6) is 5.75 Å². The minimum atomic E-state index is -0.0247. The Bertz CT molecular complexity index is 762. The van der Waals surface area contributed by atoms with E-state index in [0.717, 1.165) is 19.3 Å². The van der Waals surface area contributed by atoms with E-state index < -0.39 is 0 Å². The van der Waals surface area contributed by atoms with Gasteiger partial charge in [0.15, 0.2) is 5.78 Å². The molecule has 1 fully saturated rings. The fourth-order valence-electron chi connectivity index (χ4n) is 5.02. The Kier molecular flexibility index (Phi) is 5.49. The van der Waals surface area contributed by atoms with Gasteiger partial charge in [0.25, 0.3) is 0 Å². The van der Waals surface area contributed by atoms with Crippen LogP contribution in [0.2, 0.25) is 0 Å². The van der Waals surface area contributed by atoms with Crippen LogP contribution in [-0.4, -0.2) is 17.1 Å². The van der Waals surface area contributed by atoms with Crippen molar-refractivity contribution in [3.63, 3.8) is 0 Å². The minimum Gasteiger partial charge on any atom is -0.454 e. The molecule has 2 aliphatic rings. The Morgan fingerprint density at radius 2 is 1.93 bits per heavy atom. The third kappa shape index (κ3) is 4.43. The summed E-state index contributed by atoms with van der Waals surface area (Å²) in [6.45, 7) is 11.0. The van der Waals surface area contributed by atoms with E-state index in [-0.39, 0.29) is 28.0 Å². The van der Waals surface area contributed by atoms with Crippen LogP contribution in [0, 0.1) is 23.7 Å². The second-order valence-corrected chi connectivity index (χ2v) is 9.53. The third-order valence-electron chi connectivity index (χ3n) is 6.12. The standard InChI is InChI=1S/C23H30O3S/c1-15-6-9-18(10-7-15)26-21(27)25-16(2)8-11-19-20-12-17(24)13-23(20,5)14-22(19,3)4/h6-7,9-10,12,16,19H,8,11,13-14H2,1-5H3/t16?,19-,23+/m0/s1. The van der Waals surface area contributed by atoms with Crippen molar-refractivity contribution in [1.29, 1.82) is 0 Å². The van der Waals surface area contributed by atoms with Crippen molar-refractivity contribution in [2.45, 2.75) is 66.4 Å². The van der Waals surface area contributed by atoms with Crippen LogP contribution in [0.15, 0.2) is 35.9 Å². The Morgan fingerprint density at radius 3 is 2.59 bits per heavy atom. The number of ether oxygens (including phenoxy) is 2. The van der Waals surface area contributed by atoms with E-state index in [1.165, 1.54) is 11.1 Å². The quantitative estimate of drug-likeness (QED) is 0.600. The first-order valence-corrected chi connectivity index (χ1v) is 10.2. The third-order valence-corrected chi connectivity index (χ3v) is 6.30. The van der Waals surface area contributed by atoms with Gasteiger partial charge < -0.3 is 9.47 Å². The fourth-order valence-corrected chi connectivity index (χ4v) is 5.28. The molecule has 1 unspecified atom stereocenters. The molecule has 1 aromatic carbocycles. The number of thiocarbonyl (C=S) groups is 1. The molecular weight excluding hydrogens is 356 g/mol. The van der Waals surface area contributed by atoms with Gasteiger partial charge in [0, 0.05) is 18.6 Å². The van der Waals surface area contributed by atoms with Gasteiger partial charge in [-0.05, 0) is 68.1 Å². The lowest BCUT2D eigenvalue weighted by Crippen LogP contribution is -2.23. The van der Waals surface area contributed by atoms with Crippen LogP contribution in [0.25, 0.3) is 0 Å². The number of allylic oxidation sites excluding steroid dienone is 2. The molecule has 0 aromatic heterocycles. The number of hydrogen-bond donors (Lipinski definition) is 0. The number of carbonyl (C=O) groups is 1. The van der Waals surface area contributed by atoms with E-state index in [9.17, 15) is 4.79 Å². The maximum atomic E-state index is 12.0. The molecule has 27 heavy (non-hydrogen) atoms. The molecule has 3 atom stereocenters. The Hall–Kier alpha value is -1.68. The molecule has 0 aliphatic heterocycles. The highest BCUT2D eigenvalue weighted by Gasteiger charge is 2.53. The molecule has 0 radical (unpaired) electrons. The summed E-state index contributed by atoms with van der Waals surface area (Å²) in [5, 5.41) is 0.164. The summed E-state index contributed by atoms with van der Waals surface area (Å²) < 4.78 is 11.4. The molecule has 146 valence electrons. The van der Waals surface area contributed by atoms with Gasteiger partial charge in [0.05, 0.1) is 0 Å². The number of benzene rings is 1. The zero-order valence-electron chi connectivity index (χ0n) is 17.0. The molecule has 3 nitrogen and oxygen atoms in total. The first-order valence-electron chi connectivity index (χ1n) is 9.79. The molecule has 3 rings (SSSR count). The first kappa shape index (κ1) is 20.1. The van der Waals surface area contributed by atoms with Gasteiger partial charge in [-0.3, -0.25) is 4.79 Å². The number of hydrogen-bond acceptors (Lipinski definition) is 4. The monoisotopic (exact) mass is 386 g/mol. The first-order chi connectivity index (χ1) is 12.6. The second kappa shape index (κ2) is 7.38. The molecule has 2 aliphatic carbocycles. The fraction of sp³-hybridized carbons (Fsp3) is 0.565. The lowest BCUT2D eigenvalue weighted by molar-refractivity contribution is -0.115. The van der Waals surface area contributed by atoms with E-state index in [1.54, 1.807) is 0 Å². The highest BCUT2D eigenvalue weighted by molar-refractivity contribution is 7.79. The summed E-state index contributed by atoms with van der Waals surface area (Å²) in [5.74, 6) is 1.40. The number of aryl methyl sites for hydroxylation is 1. The van der Waals surface area contributed by atoms with Crippen molar-refractivity contribution < 1.29 is 14.3 Å². The number of fused-ring (bicyclic) bond motifs is 1. The van der Waals surface area contributed by atoms with Gasteiger partial charge >= 0.3 is 5.24 Å². The van der Waals surface area contributed by atoms with Crippen LogP contribution >= 0.6 is 12.2 Å². The molecule has 4 heteroatoms. The average molecular weight is 387 g/mol. The lowest BCUT2D eigenvalue weighted by Gasteiger charge is -2.28. The van der Waals surface area contributed by atoms with Gasteiger partial charge in [-0.2, -0.15) is 0 Å². The number of rotatable bonds is 5. The smallest absolute Gasteiger partial charge is 0.358 e. The second-order valence-electron chi connectivity index (χ2n) is 9.19. The van der Waals surface area contributed by atoms with E-state index >= 15 is 0 Å². The van der Waals surface area contributed by atoms with E-state index in [2.05, 4.69) is 20.8 Å². The van der Waals surface area contributed by atoms with Gasteiger partial charge in [-0.25, -0.2) is 0 Å². The summed E-state index contributed by atoms with van der Waals surface area (Å²) in [6, 6.07) is 7.75. The van der Waals surface area contributed by atoms with Crippen LogP contribution in [-0.2, 0) is 9.53 Å². The van der Waals surface area contributed by atoms with Crippen LogP contribution in [0.3, 0.4) is 0 Å². The van der Waals surface area contributed by atoms with Crippen molar-refractivity contribution in [3.8, 4) is 5.75 Å². The predicted octanol–water partition coefficient (Wildman–Crippen LogP) is 5.80. The SMILES string of the molecule is Cc1ccc(OC(=S)OC(C)CC[C@H]2C3=CC(=O)C[C@]3(C)CC2(C)C)cc1. The van der Waals surface area contributed by atoms with Crippen LogP contribution < -0.4 is 4.74 Å². The van der Waals surface area contributed by atoms with Crippen LogP contribution in [0.1, 0.15) is 58.9 Å². The predicted molar refractivity (Wildman–Crippen MR) is 112 cm³/mol. The van der Waals surface area contributed by atoms with Gasteiger partial charge in [0.1, 0.15) is 11.9 Å². The molecule has 0 N–H and O–H groups in total. The van der Waals surface area contributed by atoms with Crippen molar-refractivity contribution in [3.05, 3.63) is 41.5 Å². The zero-order valence-corrected chi connectivity index (χ0v) is 17.8. The molecule has 0 saturated heterocycles. The lowest BCUT2D eigenvalue weighted by atomic mass is 9.77.